The number of likely N-dealkylation sites (tertiary alicyclic amines) is 1. The maximum atomic E-state index is 13.2. The van der Waals surface area contributed by atoms with Gasteiger partial charge < -0.3 is 9.47 Å². The zero-order valence-electron chi connectivity index (χ0n) is 14.7. The van der Waals surface area contributed by atoms with Crippen LogP contribution in [0.15, 0.2) is 42.6 Å². The van der Waals surface area contributed by atoms with E-state index < -0.39 is 0 Å². The van der Waals surface area contributed by atoms with Crippen molar-refractivity contribution in [3.8, 4) is 0 Å². The van der Waals surface area contributed by atoms with Gasteiger partial charge in [-0.05, 0) is 62.8 Å². The number of rotatable bonds is 4. The summed E-state index contributed by atoms with van der Waals surface area (Å²) in [5.41, 5.74) is 2.31. The molecule has 0 radical (unpaired) electrons. The van der Waals surface area contributed by atoms with Crippen LogP contribution in [0.2, 0.25) is 0 Å². The fourth-order valence-corrected chi connectivity index (χ4v) is 3.52. The fourth-order valence-electron chi connectivity index (χ4n) is 3.52. The summed E-state index contributed by atoms with van der Waals surface area (Å²) < 4.78 is 15.1. The minimum atomic E-state index is -0.273. The zero-order valence-corrected chi connectivity index (χ0v) is 14.7. The predicted molar refractivity (Wildman–Crippen MR) is 97.6 cm³/mol. The Morgan fingerprint density at radius 3 is 2.65 bits per heavy atom. The van der Waals surface area contributed by atoms with Gasteiger partial charge in [-0.2, -0.15) is 0 Å². The van der Waals surface area contributed by atoms with Crippen LogP contribution in [0.3, 0.4) is 0 Å². The number of pyridine rings is 1. The number of carbonyl (C=O) groups excluding carboxylic acids is 1. The molecule has 6 heteroatoms. The van der Waals surface area contributed by atoms with Gasteiger partial charge in [-0.15, -0.1) is 0 Å². The molecule has 0 unspecified atom stereocenters. The number of fused-ring (bicyclic) bond motifs is 1. The van der Waals surface area contributed by atoms with Gasteiger partial charge in [-0.25, -0.2) is 14.4 Å². The molecular formula is C20H21FN4O. The van der Waals surface area contributed by atoms with Gasteiger partial charge in [0.2, 0.25) is 5.78 Å². The molecule has 1 saturated heterocycles. The molecule has 1 aliphatic heterocycles. The summed E-state index contributed by atoms with van der Waals surface area (Å²) in [7, 11) is 2.08. The zero-order chi connectivity index (χ0) is 18.1. The number of aromatic nitrogens is 3. The molecule has 1 aromatic carbocycles. The first-order chi connectivity index (χ1) is 12.6. The third-order valence-corrected chi connectivity index (χ3v) is 5.07. The van der Waals surface area contributed by atoms with Crippen LogP contribution in [0, 0.1) is 11.7 Å². The van der Waals surface area contributed by atoms with E-state index in [0.29, 0.717) is 23.5 Å². The molecule has 134 valence electrons. The van der Waals surface area contributed by atoms with E-state index >= 15 is 0 Å². The van der Waals surface area contributed by atoms with Gasteiger partial charge in [-0.3, -0.25) is 4.79 Å². The van der Waals surface area contributed by atoms with Crippen LogP contribution >= 0.6 is 0 Å². The van der Waals surface area contributed by atoms with Crippen molar-refractivity contribution < 1.29 is 9.18 Å². The van der Waals surface area contributed by atoms with Crippen molar-refractivity contribution in [2.75, 3.05) is 20.1 Å². The number of hydrogen-bond acceptors (Lipinski definition) is 4. The van der Waals surface area contributed by atoms with E-state index in [1.165, 1.54) is 12.1 Å². The molecule has 5 nitrogen and oxygen atoms in total. The Bertz CT molecular complexity index is 927. The summed E-state index contributed by atoms with van der Waals surface area (Å²) in [6.07, 6.45) is 3.40. The van der Waals surface area contributed by atoms with Gasteiger partial charge in [-0.1, -0.05) is 12.1 Å². The standard InChI is InChI=1S/C20H21FN4O/c1-24-11-8-15(9-12-24)18(26)20-23-17-3-2-10-22-19(17)25(20)13-14-4-6-16(21)7-5-14/h2-7,10,15H,8-9,11-13H2,1H3. The molecule has 0 atom stereocenters. The lowest BCUT2D eigenvalue weighted by Crippen LogP contribution is -2.34. The van der Waals surface area contributed by atoms with Gasteiger partial charge in [0.1, 0.15) is 11.3 Å². The third kappa shape index (κ3) is 3.24. The Kier molecular flexibility index (Phi) is 4.51. The number of ketones is 1. The van der Waals surface area contributed by atoms with Gasteiger partial charge in [0.15, 0.2) is 11.5 Å². The highest BCUT2D eigenvalue weighted by Gasteiger charge is 2.28. The van der Waals surface area contributed by atoms with Crippen molar-refractivity contribution in [3.05, 3.63) is 59.8 Å². The smallest absolute Gasteiger partial charge is 0.201 e. The van der Waals surface area contributed by atoms with E-state index in [-0.39, 0.29) is 17.5 Å². The quantitative estimate of drug-likeness (QED) is 0.677. The van der Waals surface area contributed by atoms with Crippen molar-refractivity contribution in [1.29, 1.82) is 0 Å². The minimum absolute atomic E-state index is 0.00465. The Labute approximate surface area is 151 Å². The second-order valence-corrected chi connectivity index (χ2v) is 6.94. The SMILES string of the molecule is CN1CCC(C(=O)c2nc3cccnc3n2Cc2ccc(F)cc2)CC1. The monoisotopic (exact) mass is 352 g/mol. The molecule has 0 N–H and O–H groups in total. The molecule has 3 aromatic rings. The van der Waals surface area contributed by atoms with Crippen LogP contribution in [-0.2, 0) is 6.54 Å². The fraction of sp³-hybridized carbons (Fsp3) is 0.350. The largest absolute Gasteiger partial charge is 0.306 e. The molecular weight excluding hydrogens is 331 g/mol. The van der Waals surface area contributed by atoms with Gasteiger partial charge in [0.05, 0.1) is 6.54 Å². The Morgan fingerprint density at radius 1 is 1.19 bits per heavy atom. The Hall–Kier alpha value is -2.60. The van der Waals surface area contributed by atoms with Gasteiger partial charge in [0.25, 0.3) is 0 Å². The number of hydrogen-bond donors (Lipinski definition) is 0. The Morgan fingerprint density at radius 2 is 1.92 bits per heavy atom. The molecule has 0 aliphatic carbocycles. The predicted octanol–water partition coefficient (Wildman–Crippen LogP) is 3.14. The molecule has 1 fully saturated rings. The highest BCUT2D eigenvalue weighted by Crippen LogP contribution is 2.24. The summed E-state index contributed by atoms with van der Waals surface area (Å²) in [5, 5.41) is 0. The molecule has 0 bridgehead atoms. The average molecular weight is 352 g/mol. The normalized spacial score (nSPS) is 16.2. The first-order valence-electron chi connectivity index (χ1n) is 8.90. The molecule has 4 rings (SSSR count). The second kappa shape index (κ2) is 6.96. The first-order valence-corrected chi connectivity index (χ1v) is 8.90. The molecule has 0 amide bonds. The van der Waals surface area contributed by atoms with Crippen LogP contribution in [0.25, 0.3) is 11.2 Å². The van der Waals surface area contributed by atoms with Crippen LogP contribution in [0.4, 0.5) is 4.39 Å². The van der Waals surface area contributed by atoms with Crippen molar-refractivity contribution in [3.63, 3.8) is 0 Å². The lowest BCUT2D eigenvalue weighted by atomic mass is 9.92. The highest BCUT2D eigenvalue weighted by molar-refractivity contribution is 5.97. The van der Waals surface area contributed by atoms with Gasteiger partial charge in [0, 0.05) is 12.1 Å². The average Bonchev–Trinajstić information content (AvgIpc) is 3.02. The molecule has 3 heterocycles. The number of Topliss-reactive ketones (excluding diaryl/α,β-unsaturated/α-hetero) is 1. The van der Waals surface area contributed by atoms with Crippen LogP contribution in [0.1, 0.15) is 29.0 Å². The number of carbonyl (C=O) groups is 1. The van der Waals surface area contributed by atoms with Crippen LogP contribution in [0.5, 0.6) is 0 Å². The third-order valence-electron chi connectivity index (χ3n) is 5.07. The van der Waals surface area contributed by atoms with E-state index in [1.807, 2.05) is 16.7 Å². The molecule has 26 heavy (non-hydrogen) atoms. The summed E-state index contributed by atoms with van der Waals surface area (Å²) in [5.74, 6) is 0.260. The van der Waals surface area contributed by atoms with Gasteiger partial charge >= 0.3 is 0 Å². The van der Waals surface area contributed by atoms with E-state index in [1.54, 1.807) is 18.3 Å². The van der Waals surface area contributed by atoms with Crippen LogP contribution < -0.4 is 0 Å². The molecule has 0 spiro atoms. The number of halogens is 1. The number of imidazole rings is 1. The van der Waals surface area contributed by atoms with E-state index in [2.05, 4.69) is 21.9 Å². The first kappa shape index (κ1) is 16.8. The maximum absolute atomic E-state index is 13.2. The second-order valence-electron chi connectivity index (χ2n) is 6.94. The molecule has 0 saturated carbocycles. The summed E-state index contributed by atoms with van der Waals surface area (Å²) >= 11 is 0. The number of benzene rings is 1. The lowest BCUT2D eigenvalue weighted by Gasteiger charge is -2.27. The van der Waals surface area contributed by atoms with Crippen molar-refractivity contribution >= 4 is 16.9 Å². The number of piperidine rings is 1. The summed E-state index contributed by atoms with van der Waals surface area (Å²) in [6, 6.07) is 10.0. The van der Waals surface area contributed by atoms with E-state index in [4.69, 9.17) is 0 Å². The van der Waals surface area contributed by atoms with Crippen molar-refractivity contribution in [1.82, 2.24) is 19.4 Å². The van der Waals surface area contributed by atoms with E-state index in [9.17, 15) is 9.18 Å². The summed E-state index contributed by atoms with van der Waals surface area (Å²) in [6.45, 7) is 2.29. The number of nitrogens with zero attached hydrogens (tertiary/aromatic N) is 4. The lowest BCUT2D eigenvalue weighted by molar-refractivity contribution is 0.0842. The maximum Gasteiger partial charge on any atom is 0.201 e. The van der Waals surface area contributed by atoms with Crippen LogP contribution in [-0.4, -0.2) is 45.4 Å². The van der Waals surface area contributed by atoms with Crippen molar-refractivity contribution in [2.24, 2.45) is 5.92 Å². The topological polar surface area (TPSA) is 51.0 Å². The van der Waals surface area contributed by atoms with Crippen molar-refractivity contribution in [2.45, 2.75) is 19.4 Å². The molecule has 1 aliphatic rings. The van der Waals surface area contributed by atoms with E-state index in [0.717, 1.165) is 31.5 Å². The summed E-state index contributed by atoms with van der Waals surface area (Å²) in [4.78, 5) is 24.4. The minimum Gasteiger partial charge on any atom is -0.306 e. The highest BCUT2D eigenvalue weighted by atomic mass is 19.1. The molecule has 2 aromatic heterocycles. The Balaban J connectivity index is 1.71.